The van der Waals surface area contributed by atoms with Gasteiger partial charge in [-0.1, -0.05) is 0 Å². The molecule has 0 aromatic rings. The molecule has 0 aliphatic heterocycles. The minimum absolute atomic E-state index is 1.32. The van der Waals surface area contributed by atoms with Crippen LogP contribution in [0.2, 0.25) is 0 Å². The van der Waals surface area contributed by atoms with Crippen LogP contribution in [0.3, 0.4) is 0 Å². The van der Waals surface area contributed by atoms with Crippen molar-refractivity contribution in [3.05, 3.63) is 6.20 Å². The summed E-state index contributed by atoms with van der Waals surface area (Å²) in [6, 6.07) is 0. The molecular formula is C4H7NO. The minimum Gasteiger partial charge on any atom is -0.375 e. The van der Waals surface area contributed by atoms with Crippen molar-refractivity contribution >= 4 is 5.94 Å². The van der Waals surface area contributed by atoms with Crippen LogP contribution in [0.25, 0.3) is 0 Å². The van der Waals surface area contributed by atoms with Gasteiger partial charge in [0.25, 0.3) is 0 Å². The van der Waals surface area contributed by atoms with Crippen molar-refractivity contribution in [2.45, 2.75) is 0 Å². The standard InChI is InChI=1S/C4H7NO/c1-5(2)3-4-6/h3H,1-2H3. The van der Waals surface area contributed by atoms with Crippen molar-refractivity contribution in [3.8, 4) is 0 Å². The van der Waals surface area contributed by atoms with Crippen molar-refractivity contribution in [3.63, 3.8) is 0 Å². The number of rotatable bonds is 1. The van der Waals surface area contributed by atoms with Gasteiger partial charge < -0.3 is 4.90 Å². The minimum atomic E-state index is 1.32. The lowest BCUT2D eigenvalue weighted by molar-refractivity contribution is 0.539. The fourth-order valence-electron chi connectivity index (χ4n) is 0.105. The zero-order chi connectivity index (χ0) is 4.99. The van der Waals surface area contributed by atoms with Gasteiger partial charge in [0.15, 0.2) is 0 Å². The summed E-state index contributed by atoms with van der Waals surface area (Å²) in [7, 11) is 3.54. The van der Waals surface area contributed by atoms with Gasteiger partial charge in [0.1, 0.15) is 5.94 Å². The van der Waals surface area contributed by atoms with Crippen molar-refractivity contribution < 1.29 is 4.79 Å². The van der Waals surface area contributed by atoms with Crippen LogP contribution >= 0.6 is 0 Å². The maximum atomic E-state index is 9.39. The van der Waals surface area contributed by atoms with E-state index in [9.17, 15) is 4.79 Å². The number of hydrogen-bond donors (Lipinski definition) is 0. The normalized spacial score (nSPS) is 6.33. The molecule has 0 N–H and O–H groups in total. The molecule has 0 rings (SSSR count). The summed E-state index contributed by atoms with van der Waals surface area (Å²) in [4.78, 5) is 11.0. The molecule has 0 aromatic carbocycles. The molecule has 6 heavy (non-hydrogen) atoms. The predicted octanol–water partition coefficient (Wildman–Crippen LogP) is -0.107. The van der Waals surface area contributed by atoms with Crippen LogP contribution in [-0.4, -0.2) is 24.9 Å². The quantitative estimate of drug-likeness (QED) is 0.414. The van der Waals surface area contributed by atoms with E-state index in [2.05, 4.69) is 0 Å². The third-order valence-electron chi connectivity index (χ3n) is 0.311. The van der Waals surface area contributed by atoms with E-state index in [0.29, 0.717) is 0 Å². The van der Waals surface area contributed by atoms with E-state index in [0.717, 1.165) is 0 Å². The SMILES string of the molecule is CN(C)C=C=O. The van der Waals surface area contributed by atoms with Gasteiger partial charge in [-0.05, 0) is 0 Å². The molecule has 0 amide bonds. The van der Waals surface area contributed by atoms with Crippen LogP contribution in [0.4, 0.5) is 0 Å². The summed E-state index contributed by atoms with van der Waals surface area (Å²) >= 11 is 0. The Bertz CT molecular complexity index is 71.6. The van der Waals surface area contributed by atoms with Gasteiger partial charge in [-0.25, -0.2) is 4.79 Å². The van der Waals surface area contributed by atoms with Gasteiger partial charge in [-0.2, -0.15) is 0 Å². The van der Waals surface area contributed by atoms with Crippen LogP contribution in [0.15, 0.2) is 6.20 Å². The van der Waals surface area contributed by atoms with Gasteiger partial charge in [-0.3, -0.25) is 0 Å². The molecule has 0 aliphatic rings. The molecule has 2 nitrogen and oxygen atoms in total. The lowest BCUT2D eigenvalue weighted by atomic mass is 10.8. The third-order valence-corrected chi connectivity index (χ3v) is 0.311. The summed E-state index contributed by atoms with van der Waals surface area (Å²) in [6.45, 7) is 0. The second-order valence-electron chi connectivity index (χ2n) is 1.21. The monoisotopic (exact) mass is 85.1 g/mol. The molecule has 0 aromatic heterocycles. The molecule has 0 heterocycles. The van der Waals surface area contributed by atoms with Crippen LogP contribution in [0.5, 0.6) is 0 Å². The van der Waals surface area contributed by atoms with Gasteiger partial charge in [-0.15, -0.1) is 0 Å². The molecule has 0 unspecified atom stereocenters. The van der Waals surface area contributed by atoms with Crippen molar-refractivity contribution in [1.29, 1.82) is 0 Å². The first-order valence-corrected chi connectivity index (χ1v) is 1.65. The Balaban J connectivity index is 3.29. The van der Waals surface area contributed by atoms with E-state index in [-0.39, 0.29) is 0 Å². The van der Waals surface area contributed by atoms with Gasteiger partial charge >= 0.3 is 0 Å². The Morgan fingerprint density at radius 3 is 2.17 bits per heavy atom. The zero-order valence-corrected chi connectivity index (χ0v) is 3.93. The highest BCUT2D eigenvalue weighted by atomic mass is 16.1. The molecule has 0 saturated carbocycles. The molecule has 0 saturated heterocycles. The molecule has 2 heteroatoms. The number of hydrogen-bond acceptors (Lipinski definition) is 2. The molecule has 0 aliphatic carbocycles. The maximum absolute atomic E-state index is 9.39. The smallest absolute Gasteiger partial charge is 0.142 e. The average Bonchev–Trinajstić information content (AvgIpc) is 1.35. The van der Waals surface area contributed by atoms with Crippen LogP contribution in [-0.2, 0) is 4.79 Å². The summed E-state index contributed by atoms with van der Waals surface area (Å²) in [6.07, 6.45) is 1.32. The topological polar surface area (TPSA) is 20.3 Å². The summed E-state index contributed by atoms with van der Waals surface area (Å²) in [5.41, 5.74) is 0. The first-order chi connectivity index (χ1) is 2.77. The highest BCUT2D eigenvalue weighted by molar-refractivity contribution is 5.43. The average molecular weight is 85.1 g/mol. The van der Waals surface area contributed by atoms with E-state index >= 15 is 0 Å². The third kappa shape index (κ3) is 3.25. The Morgan fingerprint density at radius 2 is 2.17 bits per heavy atom. The van der Waals surface area contributed by atoms with E-state index in [1.165, 1.54) is 6.20 Å². The van der Waals surface area contributed by atoms with E-state index in [1.807, 2.05) is 0 Å². The van der Waals surface area contributed by atoms with E-state index in [1.54, 1.807) is 24.9 Å². The lowest BCUT2D eigenvalue weighted by Crippen LogP contribution is -1.99. The predicted molar refractivity (Wildman–Crippen MR) is 24.0 cm³/mol. The first kappa shape index (κ1) is 5.25. The number of carbonyl (C=O) groups excluding carboxylic acids is 1. The number of nitrogens with zero attached hydrogens (tertiary/aromatic N) is 1. The van der Waals surface area contributed by atoms with Gasteiger partial charge in [0.05, 0.1) is 6.20 Å². The Hall–Kier alpha value is -0.750. The maximum Gasteiger partial charge on any atom is 0.142 e. The molecule has 0 radical (unpaired) electrons. The van der Waals surface area contributed by atoms with Crippen LogP contribution < -0.4 is 0 Å². The lowest BCUT2D eigenvalue weighted by Gasteiger charge is -1.96. The molecule has 0 bridgehead atoms. The Kier molecular flexibility index (Phi) is 2.17. The van der Waals surface area contributed by atoms with E-state index < -0.39 is 0 Å². The molecule has 0 spiro atoms. The summed E-state index contributed by atoms with van der Waals surface area (Å²) < 4.78 is 0. The summed E-state index contributed by atoms with van der Waals surface area (Å²) in [5, 5.41) is 0. The van der Waals surface area contributed by atoms with Crippen LogP contribution in [0.1, 0.15) is 0 Å². The van der Waals surface area contributed by atoms with Crippen molar-refractivity contribution in [2.24, 2.45) is 0 Å². The second kappa shape index (κ2) is 2.49. The fraction of sp³-hybridized carbons (Fsp3) is 0.500. The van der Waals surface area contributed by atoms with Crippen LogP contribution in [0, 0.1) is 0 Å². The largest absolute Gasteiger partial charge is 0.375 e. The first-order valence-electron chi connectivity index (χ1n) is 1.65. The zero-order valence-electron chi connectivity index (χ0n) is 3.93. The molecule has 0 fully saturated rings. The molecule has 34 valence electrons. The van der Waals surface area contributed by atoms with Crippen molar-refractivity contribution in [1.82, 2.24) is 4.90 Å². The van der Waals surface area contributed by atoms with Gasteiger partial charge in [0, 0.05) is 14.1 Å². The van der Waals surface area contributed by atoms with Crippen molar-refractivity contribution in [2.75, 3.05) is 14.1 Å². The Labute approximate surface area is 37.1 Å². The van der Waals surface area contributed by atoms with E-state index in [4.69, 9.17) is 0 Å². The van der Waals surface area contributed by atoms with Gasteiger partial charge in [0.2, 0.25) is 0 Å². The molecule has 0 atom stereocenters. The molecular weight excluding hydrogens is 78.0 g/mol. The highest BCUT2D eigenvalue weighted by Gasteiger charge is 1.67. The summed E-state index contributed by atoms with van der Waals surface area (Å²) in [5.74, 6) is 1.62. The fourth-order valence-corrected chi connectivity index (χ4v) is 0.105. The highest BCUT2D eigenvalue weighted by Crippen LogP contribution is 1.63. The Morgan fingerprint density at radius 1 is 1.67 bits per heavy atom. The second-order valence-corrected chi connectivity index (χ2v) is 1.21.